The van der Waals surface area contributed by atoms with Crippen molar-refractivity contribution < 1.29 is 18.3 Å². The van der Waals surface area contributed by atoms with E-state index in [-0.39, 0.29) is 17.7 Å². The summed E-state index contributed by atoms with van der Waals surface area (Å²) >= 11 is 0. The number of hydrogen-bond acceptors (Lipinski definition) is 3. The molecule has 0 aliphatic carbocycles. The summed E-state index contributed by atoms with van der Waals surface area (Å²) in [6.07, 6.45) is 1.58. The molecule has 2 aromatic rings. The van der Waals surface area contributed by atoms with E-state index in [1.54, 1.807) is 12.1 Å². The minimum absolute atomic E-state index is 0.141. The van der Waals surface area contributed by atoms with Gasteiger partial charge in [-0.2, -0.15) is 0 Å². The van der Waals surface area contributed by atoms with E-state index >= 15 is 0 Å². The molecule has 6 heteroatoms. The van der Waals surface area contributed by atoms with Gasteiger partial charge in [0.25, 0.3) is 5.91 Å². The van der Waals surface area contributed by atoms with Gasteiger partial charge in [-0.15, -0.1) is 0 Å². The fraction of sp³-hybridized carbons (Fsp3) is 0.0625. The number of nitrogens with two attached hydrogens (primary N) is 1. The minimum atomic E-state index is -0.673. The molecule has 4 nitrogen and oxygen atoms in total. The number of hydrazine groups is 1. The van der Waals surface area contributed by atoms with E-state index in [1.165, 1.54) is 30.3 Å². The van der Waals surface area contributed by atoms with Gasteiger partial charge < -0.3 is 4.74 Å². The average molecular weight is 302 g/mol. The minimum Gasteiger partial charge on any atom is -0.489 e. The quantitative estimate of drug-likeness (QED) is 0.508. The van der Waals surface area contributed by atoms with Crippen molar-refractivity contribution >= 4 is 11.5 Å². The highest BCUT2D eigenvalue weighted by Crippen LogP contribution is 2.36. The molecule has 0 saturated carbocycles. The number of ether oxygens (including phenoxy) is 1. The van der Waals surface area contributed by atoms with Crippen molar-refractivity contribution in [3.8, 4) is 5.75 Å². The molecule has 22 heavy (non-hydrogen) atoms. The van der Waals surface area contributed by atoms with Crippen molar-refractivity contribution in [2.45, 2.75) is 0 Å². The predicted molar refractivity (Wildman–Crippen MR) is 77.0 cm³/mol. The number of rotatable bonds is 2. The van der Waals surface area contributed by atoms with Crippen LogP contribution in [0.15, 0.2) is 42.5 Å². The Balaban J connectivity index is 2.17. The van der Waals surface area contributed by atoms with Crippen LogP contribution in [0.1, 0.15) is 21.5 Å². The molecule has 0 atom stereocenters. The van der Waals surface area contributed by atoms with E-state index in [0.717, 1.165) is 0 Å². The molecule has 0 aromatic heterocycles. The predicted octanol–water partition coefficient (Wildman–Crippen LogP) is 2.39. The van der Waals surface area contributed by atoms with Crippen LogP contribution in [-0.4, -0.2) is 12.5 Å². The Hall–Kier alpha value is -2.73. The Kier molecular flexibility index (Phi) is 3.60. The van der Waals surface area contributed by atoms with E-state index < -0.39 is 17.5 Å². The molecule has 3 rings (SSSR count). The maximum absolute atomic E-state index is 14.0. The first-order chi connectivity index (χ1) is 10.6. The van der Waals surface area contributed by atoms with E-state index in [0.29, 0.717) is 16.9 Å². The van der Waals surface area contributed by atoms with Crippen LogP contribution in [0.3, 0.4) is 0 Å². The normalized spacial score (nSPS) is 13.0. The molecule has 1 aliphatic heterocycles. The van der Waals surface area contributed by atoms with E-state index in [9.17, 15) is 13.6 Å². The van der Waals surface area contributed by atoms with E-state index in [1.807, 2.05) is 5.43 Å². The zero-order valence-corrected chi connectivity index (χ0v) is 11.4. The highest BCUT2D eigenvalue weighted by atomic mass is 19.1. The van der Waals surface area contributed by atoms with Crippen LogP contribution in [0, 0.1) is 11.6 Å². The zero-order valence-electron chi connectivity index (χ0n) is 11.4. The topological polar surface area (TPSA) is 64.3 Å². The van der Waals surface area contributed by atoms with Crippen molar-refractivity contribution in [2.75, 3.05) is 6.61 Å². The molecule has 3 N–H and O–H groups in total. The fourth-order valence-electron chi connectivity index (χ4n) is 2.41. The van der Waals surface area contributed by atoms with Gasteiger partial charge in [-0.05, 0) is 42.0 Å². The largest absolute Gasteiger partial charge is 0.489 e. The molecule has 0 unspecified atom stereocenters. The number of amides is 1. The lowest BCUT2D eigenvalue weighted by Gasteiger charge is -2.20. The van der Waals surface area contributed by atoms with Crippen LogP contribution in [0.4, 0.5) is 8.78 Å². The van der Waals surface area contributed by atoms with Gasteiger partial charge in [0.05, 0.1) is 5.56 Å². The van der Waals surface area contributed by atoms with Gasteiger partial charge in [-0.25, -0.2) is 14.6 Å². The van der Waals surface area contributed by atoms with Gasteiger partial charge in [-0.1, -0.05) is 6.07 Å². The zero-order chi connectivity index (χ0) is 15.7. The number of benzene rings is 2. The lowest BCUT2D eigenvalue weighted by molar-refractivity contribution is 0.0953. The maximum Gasteiger partial charge on any atom is 0.265 e. The van der Waals surface area contributed by atoms with Crippen molar-refractivity contribution in [1.82, 2.24) is 5.43 Å². The van der Waals surface area contributed by atoms with Crippen LogP contribution in [0.2, 0.25) is 0 Å². The molecule has 1 aliphatic rings. The number of halogens is 2. The molecular formula is C16H12F2N2O2. The SMILES string of the molecule is NNC(=O)c1ccc2c(c1)C(c1c(F)cccc1F)=CCO2. The summed E-state index contributed by atoms with van der Waals surface area (Å²) in [4.78, 5) is 11.6. The number of hydrogen-bond donors (Lipinski definition) is 2. The third kappa shape index (κ3) is 2.33. The summed E-state index contributed by atoms with van der Waals surface area (Å²) in [6, 6.07) is 8.27. The van der Waals surface area contributed by atoms with E-state index in [2.05, 4.69) is 0 Å². The lowest BCUT2D eigenvalue weighted by atomic mass is 9.93. The van der Waals surface area contributed by atoms with Crippen LogP contribution in [0.25, 0.3) is 5.57 Å². The molecule has 0 bridgehead atoms. The first-order valence-electron chi connectivity index (χ1n) is 6.54. The number of nitrogen functional groups attached to an aromatic ring is 1. The number of nitrogens with one attached hydrogen (secondary N) is 1. The summed E-state index contributed by atoms with van der Waals surface area (Å²) in [7, 11) is 0. The second kappa shape index (κ2) is 5.57. The molecule has 0 fully saturated rings. The third-order valence-corrected chi connectivity index (χ3v) is 3.42. The molecule has 112 valence electrons. The van der Waals surface area contributed by atoms with Gasteiger partial charge in [-0.3, -0.25) is 10.2 Å². The highest BCUT2D eigenvalue weighted by molar-refractivity contribution is 5.96. The first-order valence-corrected chi connectivity index (χ1v) is 6.54. The highest BCUT2D eigenvalue weighted by Gasteiger charge is 2.22. The van der Waals surface area contributed by atoms with Gasteiger partial charge in [0.2, 0.25) is 0 Å². The van der Waals surface area contributed by atoms with E-state index in [4.69, 9.17) is 10.6 Å². The Morgan fingerprint density at radius 1 is 1.18 bits per heavy atom. The molecule has 1 heterocycles. The monoisotopic (exact) mass is 302 g/mol. The average Bonchev–Trinajstić information content (AvgIpc) is 2.53. The Morgan fingerprint density at radius 2 is 1.91 bits per heavy atom. The summed E-state index contributed by atoms with van der Waals surface area (Å²) in [6.45, 7) is 0.193. The van der Waals surface area contributed by atoms with Crippen molar-refractivity contribution in [1.29, 1.82) is 0 Å². The fourth-order valence-corrected chi connectivity index (χ4v) is 2.41. The Morgan fingerprint density at radius 3 is 2.59 bits per heavy atom. The van der Waals surface area contributed by atoms with Gasteiger partial charge in [0.15, 0.2) is 0 Å². The second-order valence-electron chi connectivity index (χ2n) is 4.71. The Labute approximate surface area is 125 Å². The van der Waals surface area contributed by atoms with Gasteiger partial charge in [0, 0.05) is 11.1 Å². The molecular weight excluding hydrogens is 290 g/mol. The Bertz CT molecular complexity index is 767. The second-order valence-corrected chi connectivity index (χ2v) is 4.71. The summed E-state index contributed by atoms with van der Waals surface area (Å²) < 4.78 is 33.5. The summed E-state index contributed by atoms with van der Waals surface area (Å²) in [5.41, 5.74) is 2.94. The molecule has 1 amide bonds. The van der Waals surface area contributed by atoms with Gasteiger partial charge in [0.1, 0.15) is 24.0 Å². The molecule has 2 aromatic carbocycles. The maximum atomic E-state index is 14.0. The van der Waals surface area contributed by atoms with Crippen LogP contribution >= 0.6 is 0 Å². The number of carbonyl (C=O) groups is 1. The smallest absolute Gasteiger partial charge is 0.265 e. The molecule has 0 spiro atoms. The van der Waals surface area contributed by atoms with Crippen molar-refractivity contribution in [2.24, 2.45) is 5.84 Å². The van der Waals surface area contributed by atoms with Crippen molar-refractivity contribution in [3.63, 3.8) is 0 Å². The third-order valence-electron chi connectivity index (χ3n) is 3.42. The lowest BCUT2D eigenvalue weighted by Crippen LogP contribution is -2.30. The summed E-state index contributed by atoms with van der Waals surface area (Å²) in [5.74, 6) is 3.72. The van der Waals surface area contributed by atoms with Crippen molar-refractivity contribution in [3.05, 3.63) is 70.8 Å². The van der Waals surface area contributed by atoms with Crippen LogP contribution in [-0.2, 0) is 0 Å². The van der Waals surface area contributed by atoms with Crippen LogP contribution < -0.4 is 16.0 Å². The summed E-state index contributed by atoms with van der Waals surface area (Å²) in [5, 5.41) is 0. The number of fused-ring (bicyclic) bond motifs is 1. The molecule has 0 saturated heterocycles. The first kappa shape index (κ1) is 14.2. The van der Waals surface area contributed by atoms with Crippen LogP contribution in [0.5, 0.6) is 5.75 Å². The van der Waals surface area contributed by atoms with Gasteiger partial charge >= 0.3 is 0 Å². The number of carbonyl (C=O) groups excluding carboxylic acids is 1. The standard InChI is InChI=1S/C16H12F2N2O2/c17-12-2-1-3-13(18)15(12)10-6-7-22-14-5-4-9(8-11(10)14)16(21)20-19/h1-6,8H,7,19H2,(H,20,21). The molecule has 0 radical (unpaired) electrons.